The summed E-state index contributed by atoms with van der Waals surface area (Å²) in [6.45, 7) is 0. The van der Waals surface area contributed by atoms with Gasteiger partial charge in [0.25, 0.3) is 15.9 Å². The van der Waals surface area contributed by atoms with Gasteiger partial charge in [0.2, 0.25) is 0 Å². The normalized spacial score (nSPS) is 15.4. The lowest BCUT2D eigenvalue weighted by Gasteiger charge is -2.22. The standard InChI is InChI=1S/C19H21ClN2O3S/c20-15-5-4-8-17(13-15)22-26(24,25)18-11-9-14(10-12-18)19(23)21-16-6-2-1-3-7-16/h4-5,8-13,16,22H,1-3,6-7H2,(H,21,23). The predicted octanol–water partition coefficient (Wildman–Crippen LogP) is 4.20. The molecule has 1 fully saturated rings. The molecule has 0 saturated heterocycles. The second-order valence-electron chi connectivity index (χ2n) is 6.45. The Balaban J connectivity index is 1.68. The number of amides is 1. The summed E-state index contributed by atoms with van der Waals surface area (Å²) >= 11 is 5.88. The zero-order chi connectivity index (χ0) is 18.6. The van der Waals surface area contributed by atoms with Crippen LogP contribution in [0.4, 0.5) is 5.69 Å². The lowest BCUT2D eigenvalue weighted by molar-refractivity contribution is 0.0927. The fraction of sp³-hybridized carbons (Fsp3) is 0.316. The smallest absolute Gasteiger partial charge is 0.261 e. The summed E-state index contributed by atoms with van der Waals surface area (Å²) in [4.78, 5) is 12.4. The van der Waals surface area contributed by atoms with Crippen LogP contribution >= 0.6 is 11.6 Å². The number of sulfonamides is 1. The van der Waals surface area contributed by atoms with E-state index >= 15 is 0 Å². The first kappa shape index (κ1) is 18.7. The number of benzene rings is 2. The summed E-state index contributed by atoms with van der Waals surface area (Å²) in [6.07, 6.45) is 5.50. The highest BCUT2D eigenvalue weighted by atomic mass is 35.5. The lowest BCUT2D eigenvalue weighted by Crippen LogP contribution is -2.36. The van der Waals surface area contributed by atoms with E-state index in [9.17, 15) is 13.2 Å². The Hall–Kier alpha value is -2.05. The molecule has 0 spiro atoms. The van der Waals surface area contributed by atoms with Crippen molar-refractivity contribution >= 4 is 33.2 Å². The maximum atomic E-state index is 12.5. The summed E-state index contributed by atoms with van der Waals surface area (Å²) in [7, 11) is -3.74. The third-order valence-electron chi connectivity index (χ3n) is 4.44. The van der Waals surface area contributed by atoms with Crippen LogP contribution in [0.1, 0.15) is 42.5 Å². The number of anilines is 1. The van der Waals surface area contributed by atoms with Crippen LogP contribution < -0.4 is 10.0 Å². The van der Waals surface area contributed by atoms with Gasteiger partial charge in [-0.15, -0.1) is 0 Å². The topological polar surface area (TPSA) is 75.3 Å². The zero-order valence-electron chi connectivity index (χ0n) is 14.2. The molecule has 5 nitrogen and oxygen atoms in total. The molecule has 2 aromatic carbocycles. The molecule has 2 N–H and O–H groups in total. The molecule has 0 aromatic heterocycles. The van der Waals surface area contributed by atoms with Crippen molar-refractivity contribution in [3.8, 4) is 0 Å². The van der Waals surface area contributed by atoms with Crippen LogP contribution in [0.5, 0.6) is 0 Å². The SMILES string of the molecule is O=C(NC1CCCCC1)c1ccc(S(=O)(=O)Nc2cccc(Cl)c2)cc1. The minimum atomic E-state index is -3.74. The van der Waals surface area contributed by atoms with Crippen LogP contribution in [-0.2, 0) is 10.0 Å². The van der Waals surface area contributed by atoms with Crippen molar-refractivity contribution in [3.05, 3.63) is 59.1 Å². The Bertz CT molecular complexity index is 876. The third-order valence-corrected chi connectivity index (χ3v) is 6.08. The number of halogens is 1. The first-order chi connectivity index (χ1) is 12.4. The highest BCUT2D eigenvalue weighted by Crippen LogP contribution is 2.21. The Morgan fingerprint density at radius 3 is 2.35 bits per heavy atom. The van der Waals surface area contributed by atoms with Gasteiger partial charge in [-0.05, 0) is 55.3 Å². The molecule has 0 aliphatic heterocycles. The second kappa shape index (κ2) is 8.10. The van der Waals surface area contributed by atoms with Gasteiger partial charge >= 0.3 is 0 Å². The fourth-order valence-electron chi connectivity index (χ4n) is 3.07. The van der Waals surface area contributed by atoms with E-state index in [2.05, 4.69) is 10.0 Å². The average molecular weight is 393 g/mol. The van der Waals surface area contributed by atoms with Crippen molar-refractivity contribution in [2.75, 3.05) is 4.72 Å². The van der Waals surface area contributed by atoms with E-state index in [0.717, 1.165) is 25.7 Å². The minimum Gasteiger partial charge on any atom is -0.349 e. The van der Waals surface area contributed by atoms with E-state index in [1.807, 2.05) is 0 Å². The first-order valence-electron chi connectivity index (χ1n) is 8.63. The fourth-order valence-corrected chi connectivity index (χ4v) is 4.31. The molecular formula is C19H21ClN2O3S. The molecule has 1 amide bonds. The highest BCUT2D eigenvalue weighted by molar-refractivity contribution is 7.92. The van der Waals surface area contributed by atoms with Gasteiger partial charge in [-0.25, -0.2) is 8.42 Å². The van der Waals surface area contributed by atoms with E-state index < -0.39 is 10.0 Å². The average Bonchev–Trinajstić information content (AvgIpc) is 2.62. The summed E-state index contributed by atoms with van der Waals surface area (Å²) < 4.78 is 27.4. The van der Waals surface area contributed by atoms with Gasteiger partial charge in [0, 0.05) is 16.6 Å². The Kier molecular flexibility index (Phi) is 5.84. The highest BCUT2D eigenvalue weighted by Gasteiger charge is 2.18. The Morgan fingerprint density at radius 2 is 1.69 bits per heavy atom. The van der Waals surface area contributed by atoms with Crippen molar-refractivity contribution in [3.63, 3.8) is 0 Å². The van der Waals surface area contributed by atoms with Crippen LogP contribution in [-0.4, -0.2) is 20.4 Å². The quantitative estimate of drug-likeness (QED) is 0.800. The number of carbonyl (C=O) groups is 1. The van der Waals surface area contributed by atoms with Gasteiger partial charge in [-0.3, -0.25) is 9.52 Å². The van der Waals surface area contributed by atoms with Crippen LogP contribution in [0.25, 0.3) is 0 Å². The Morgan fingerprint density at radius 1 is 1.00 bits per heavy atom. The number of carbonyl (C=O) groups excluding carboxylic acids is 1. The molecule has 0 bridgehead atoms. The molecular weight excluding hydrogens is 372 g/mol. The molecule has 1 saturated carbocycles. The van der Waals surface area contributed by atoms with Crippen molar-refractivity contribution in [2.24, 2.45) is 0 Å². The number of hydrogen-bond acceptors (Lipinski definition) is 3. The first-order valence-corrected chi connectivity index (χ1v) is 10.5. The molecule has 7 heteroatoms. The van der Waals surface area contributed by atoms with Crippen molar-refractivity contribution in [2.45, 2.75) is 43.0 Å². The molecule has 3 rings (SSSR count). The number of hydrogen-bond donors (Lipinski definition) is 2. The molecule has 1 aliphatic carbocycles. The molecule has 0 heterocycles. The van der Waals surface area contributed by atoms with E-state index in [1.54, 1.807) is 18.2 Å². The van der Waals surface area contributed by atoms with Crippen LogP contribution in [0.3, 0.4) is 0 Å². The molecule has 2 aromatic rings. The van der Waals surface area contributed by atoms with Crippen LogP contribution in [0.2, 0.25) is 5.02 Å². The largest absolute Gasteiger partial charge is 0.349 e. The van der Waals surface area contributed by atoms with Gasteiger partial charge < -0.3 is 5.32 Å². The zero-order valence-corrected chi connectivity index (χ0v) is 15.8. The van der Waals surface area contributed by atoms with Crippen LogP contribution in [0.15, 0.2) is 53.4 Å². The Labute approximate surface area is 158 Å². The molecule has 0 radical (unpaired) electrons. The predicted molar refractivity (Wildman–Crippen MR) is 103 cm³/mol. The van der Waals surface area contributed by atoms with Gasteiger partial charge in [0.1, 0.15) is 0 Å². The van der Waals surface area contributed by atoms with Crippen molar-refractivity contribution < 1.29 is 13.2 Å². The minimum absolute atomic E-state index is 0.0895. The van der Waals surface area contributed by atoms with Gasteiger partial charge in [0.05, 0.1) is 10.6 Å². The van der Waals surface area contributed by atoms with E-state index in [-0.39, 0.29) is 16.8 Å². The second-order valence-corrected chi connectivity index (χ2v) is 8.57. The van der Waals surface area contributed by atoms with Crippen molar-refractivity contribution in [1.82, 2.24) is 5.32 Å². The summed E-state index contributed by atoms with van der Waals surface area (Å²) in [5.41, 5.74) is 0.842. The summed E-state index contributed by atoms with van der Waals surface area (Å²) in [5.74, 6) is -0.163. The number of nitrogens with one attached hydrogen (secondary N) is 2. The van der Waals surface area contributed by atoms with Crippen LogP contribution in [0, 0.1) is 0 Å². The maximum absolute atomic E-state index is 12.5. The van der Waals surface area contributed by atoms with Gasteiger partial charge in [-0.1, -0.05) is 36.9 Å². The van der Waals surface area contributed by atoms with Gasteiger partial charge in [-0.2, -0.15) is 0 Å². The molecule has 0 unspecified atom stereocenters. The molecule has 0 atom stereocenters. The van der Waals surface area contributed by atoms with E-state index in [4.69, 9.17) is 11.6 Å². The van der Waals surface area contributed by atoms with Crippen molar-refractivity contribution in [1.29, 1.82) is 0 Å². The van der Waals surface area contributed by atoms with E-state index in [1.165, 1.54) is 36.8 Å². The number of rotatable bonds is 5. The third kappa shape index (κ3) is 4.77. The summed E-state index contributed by atoms with van der Waals surface area (Å²) in [5, 5.41) is 3.47. The monoisotopic (exact) mass is 392 g/mol. The maximum Gasteiger partial charge on any atom is 0.261 e. The molecule has 138 valence electrons. The summed E-state index contributed by atoms with van der Waals surface area (Å²) in [6, 6.07) is 12.6. The van der Waals surface area contributed by atoms with Gasteiger partial charge in [0.15, 0.2) is 0 Å². The van der Waals surface area contributed by atoms with E-state index in [0.29, 0.717) is 16.3 Å². The lowest BCUT2D eigenvalue weighted by atomic mass is 9.95. The molecule has 1 aliphatic rings. The molecule has 26 heavy (non-hydrogen) atoms.